The number of rotatable bonds is 5. The van der Waals surface area contributed by atoms with E-state index in [9.17, 15) is 4.79 Å². The normalized spacial score (nSPS) is 12.4. The van der Waals surface area contributed by atoms with Crippen molar-refractivity contribution in [1.29, 1.82) is 0 Å². The first-order valence-electron chi connectivity index (χ1n) is 4.71. The van der Waals surface area contributed by atoms with Crippen LogP contribution in [0.2, 0.25) is 0 Å². The van der Waals surface area contributed by atoms with Gasteiger partial charge in [0.1, 0.15) is 5.03 Å². The first-order valence-corrected chi connectivity index (χ1v) is 6.38. The minimum atomic E-state index is -0.993. The van der Waals surface area contributed by atoms with Crippen molar-refractivity contribution in [2.45, 2.75) is 23.6 Å². The van der Waals surface area contributed by atoms with Gasteiger partial charge in [-0.05, 0) is 28.4 Å². The van der Waals surface area contributed by atoms with E-state index in [1.807, 2.05) is 6.92 Å². The molecule has 0 spiro atoms. The summed E-state index contributed by atoms with van der Waals surface area (Å²) in [6.45, 7) is 2.02. The van der Waals surface area contributed by atoms with Crippen molar-refractivity contribution in [3.63, 3.8) is 0 Å². The van der Waals surface area contributed by atoms with E-state index in [4.69, 9.17) is 10.2 Å². The van der Waals surface area contributed by atoms with Gasteiger partial charge in [0.05, 0.1) is 5.56 Å². The van der Waals surface area contributed by atoms with Gasteiger partial charge in [0, 0.05) is 22.5 Å². The molecule has 1 unspecified atom stereocenters. The van der Waals surface area contributed by atoms with Crippen molar-refractivity contribution in [3.8, 4) is 0 Å². The van der Waals surface area contributed by atoms with Crippen LogP contribution in [-0.2, 0) is 0 Å². The van der Waals surface area contributed by atoms with Gasteiger partial charge in [0.15, 0.2) is 0 Å². The number of thioether (sulfide) groups is 1. The van der Waals surface area contributed by atoms with E-state index in [2.05, 4.69) is 20.9 Å². The Morgan fingerprint density at radius 2 is 2.38 bits per heavy atom. The highest BCUT2D eigenvalue weighted by Crippen LogP contribution is 2.28. The molecule has 0 fully saturated rings. The summed E-state index contributed by atoms with van der Waals surface area (Å²) in [6.07, 6.45) is 2.18. The lowest BCUT2D eigenvalue weighted by molar-refractivity contribution is 0.0692. The molecular formula is C10H12BrNO3S. The largest absolute Gasteiger partial charge is 0.478 e. The lowest BCUT2D eigenvalue weighted by Gasteiger charge is -2.10. The van der Waals surface area contributed by atoms with Crippen LogP contribution in [0.25, 0.3) is 0 Å². The van der Waals surface area contributed by atoms with Gasteiger partial charge in [0.2, 0.25) is 0 Å². The van der Waals surface area contributed by atoms with Crippen molar-refractivity contribution in [3.05, 3.63) is 22.3 Å². The quantitative estimate of drug-likeness (QED) is 0.818. The molecular weight excluding hydrogens is 294 g/mol. The average molecular weight is 306 g/mol. The Bertz CT molecular complexity index is 386. The van der Waals surface area contributed by atoms with Crippen LogP contribution in [0.3, 0.4) is 0 Å². The van der Waals surface area contributed by atoms with Crippen LogP contribution in [0.1, 0.15) is 23.7 Å². The van der Waals surface area contributed by atoms with Crippen LogP contribution in [0.4, 0.5) is 0 Å². The molecule has 2 N–H and O–H groups in total. The molecule has 0 saturated heterocycles. The molecule has 0 radical (unpaired) electrons. The smallest absolute Gasteiger partial charge is 0.338 e. The Morgan fingerprint density at radius 1 is 1.69 bits per heavy atom. The Kier molecular flexibility index (Phi) is 5.24. The molecule has 1 aromatic heterocycles. The molecule has 0 bridgehead atoms. The second-order valence-electron chi connectivity index (χ2n) is 3.25. The number of hydrogen-bond acceptors (Lipinski definition) is 4. The summed E-state index contributed by atoms with van der Waals surface area (Å²) < 4.78 is 0.643. The van der Waals surface area contributed by atoms with Gasteiger partial charge in [0.25, 0.3) is 0 Å². The van der Waals surface area contributed by atoms with Crippen molar-refractivity contribution in [2.24, 2.45) is 0 Å². The molecule has 1 heterocycles. The SMILES string of the molecule is CC(CCO)Sc1ncc(Br)cc1C(=O)O. The summed E-state index contributed by atoms with van der Waals surface area (Å²) in [4.78, 5) is 15.1. The molecule has 16 heavy (non-hydrogen) atoms. The maximum Gasteiger partial charge on any atom is 0.338 e. The van der Waals surface area contributed by atoms with Gasteiger partial charge in [-0.3, -0.25) is 0 Å². The zero-order valence-corrected chi connectivity index (χ0v) is 11.1. The van der Waals surface area contributed by atoms with E-state index in [0.29, 0.717) is 15.9 Å². The fourth-order valence-electron chi connectivity index (χ4n) is 1.11. The van der Waals surface area contributed by atoms with Crippen LogP contribution in [0.15, 0.2) is 21.8 Å². The van der Waals surface area contributed by atoms with E-state index in [-0.39, 0.29) is 17.4 Å². The molecule has 4 nitrogen and oxygen atoms in total. The number of aliphatic hydroxyl groups excluding tert-OH is 1. The van der Waals surface area contributed by atoms with Gasteiger partial charge in [-0.15, -0.1) is 11.8 Å². The summed E-state index contributed by atoms with van der Waals surface area (Å²) in [6, 6.07) is 1.53. The van der Waals surface area contributed by atoms with Crippen LogP contribution >= 0.6 is 27.7 Å². The van der Waals surface area contributed by atoms with Crippen molar-refractivity contribution in [2.75, 3.05) is 6.61 Å². The lowest BCUT2D eigenvalue weighted by atomic mass is 10.3. The summed E-state index contributed by atoms with van der Waals surface area (Å²) in [5.41, 5.74) is 0.184. The topological polar surface area (TPSA) is 70.4 Å². The molecule has 0 aliphatic carbocycles. The number of hydrogen-bond donors (Lipinski definition) is 2. The fraction of sp³-hybridized carbons (Fsp3) is 0.400. The van der Waals surface area contributed by atoms with Gasteiger partial charge >= 0.3 is 5.97 Å². The number of carboxylic acid groups (broad SMARTS) is 1. The number of aromatic nitrogens is 1. The van der Waals surface area contributed by atoms with Crippen LogP contribution in [-0.4, -0.2) is 33.0 Å². The number of halogens is 1. The van der Waals surface area contributed by atoms with Crippen LogP contribution in [0.5, 0.6) is 0 Å². The molecule has 88 valence electrons. The summed E-state index contributed by atoms with van der Waals surface area (Å²) in [5.74, 6) is -0.993. The maximum absolute atomic E-state index is 11.0. The lowest BCUT2D eigenvalue weighted by Crippen LogP contribution is -2.05. The Hall–Kier alpha value is -0.590. The van der Waals surface area contributed by atoms with Crippen molar-refractivity contribution in [1.82, 2.24) is 4.98 Å². The highest BCUT2D eigenvalue weighted by molar-refractivity contribution is 9.10. The molecule has 0 aliphatic rings. The van der Waals surface area contributed by atoms with E-state index < -0.39 is 5.97 Å². The third-order valence-electron chi connectivity index (χ3n) is 1.90. The number of carboxylic acids is 1. The first-order chi connectivity index (χ1) is 7.54. The zero-order valence-electron chi connectivity index (χ0n) is 8.68. The molecule has 1 aromatic rings. The standard InChI is InChI=1S/C10H12BrNO3S/c1-6(2-3-13)16-9-8(10(14)15)4-7(11)5-12-9/h4-6,13H,2-3H2,1H3,(H,14,15). The zero-order chi connectivity index (χ0) is 12.1. The molecule has 6 heteroatoms. The van der Waals surface area contributed by atoms with Gasteiger partial charge in [-0.1, -0.05) is 6.92 Å². The third-order valence-corrected chi connectivity index (χ3v) is 3.52. The number of pyridine rings is 1. The second-order valence-corrected chi connectivity index (χ2v) is 5.59. The van der Waals surface area contributed by atoms with E-state index >= 15 is 0 Å². The molecule has 0 amide bonds. The molecule has 0 saturated carbocycles. The van der Waals surface area contributed by atoms with E-state index in [1.54, 1.807) is 6.20 Å². The second kappa shape index (κ2) is 6.22. The van der Waals surface area contributed by atoms with Gasteiger partial charge in [-0.2, -0.15) is 0 Å². The summed E-state index contributed by atoms with van der Waals surface area (Å²) in [7, 11) is 0. The first kappa shape index (κ1) is 13.5. The number of carbonyl (C=O) groups is 1. The summed E-state index contributed by atoms with van der Waals surface area (Å²) >= 11 is 4.55. The number of aliphatic hydroxyl groups is 1. The highest BCUT2D eigenvalue weighted by Gasteiger charge is 2.15. The summed E-state index contributed by atoms with van der Waals surface area (Å²) in [5, 5.41) is 18.4. The molecule has 1 rings (SSSR count). The monoisotopic (exact) mass is 305 g/mol. The predicted octanol–water partition coefficient (Wildman–Crippen LogP) is 2.41. The van der Waals surface area contributed by atoms with Crippen LogP contribution in [0, 0.1) is 0 Å². The Balaban J connectivity index is 2.90. The Labute approximate surface area is 106 Å². The number of aromatic carboxylic acids is 1. The van der Waals surface area contributed by atoms with E-state index in [1.165, 1.54) is 17.8 Å². The van der Waals surface area contributed by atoms with Crippen molar-refractivity contribution < 1.29 is 15.0 Å². The molecule has 0 aromatic carbocycles. The number of nitrogens with zero attached hydrogens (tertiary/aromatic N) is 1. The predicted molar refractivity (Wildman–Crippen MR) is 65.9 cm³/mol. The fourth-order valence-corrected chi connectivity index (χ4v) is 2.43. The maximum atomic E-state index is 11.0. The highest BCUT2D eigenvalue weighted by atomic mass is 79.9. The van der Waals surface area contributed by atoms with Crippen molar-refractivity contribution >= 4 is 33.7 Å². The molecule has 0 aliphatic heterocycles. The third kappa shape index (κ3) is 3.77. The molecule has 1 atom stereocenters. The van der Waals surface area contributed by atoms with Crippen LogP contribution < -0.4 is 0 Å². The minimum absolute atomic E-state index is 0.0904. The van der Waals surface area contributed by atoms with Gasteiger partial charge in [-0.25, -0.2) is 9.78 Å². The minimum Gasteiger partial charge on any atom is -0.478 e. The van der Waals surface area contributed by atoms with Gasteiger partial charge < -0.3 is 10.2 Å². The van der Waals surface area contributed by atoms with E-state index in [0.717, 1.165) is 0 Å². The Morgan fingerprint density at radius 3 is 2.94 bits per heavy atom. The average Bonchev–Trinajstić information content (AvgIpc) is 2.20.